The lowest BCUT2D eigenvalue weighted by atomic mass is 10.2. The average Bonchev–Trinajstić information content (AvgIpc) is 2.55. The fraction of sp³-hybridized carbons (Fsp3) is 0. The molecule has 0 radical (unpaired) electrons. The van der Waals surface area contributed by atoms with Crippen molar-refractivity contribution < 1.29 is 9.34 Å². The maximum atomic E-state index is 11.9. The molecule has 0 bridgehead atoms. The summed E-state index contributed by atoms with van der Waals surface area (Å²) in [4.78, 5) is 26.2. The van der Waals surface area contributed by atoms with Crippen molar-refractivity contribution in [1.29, 1.82) is 0 Å². The number of benzene rings is 2. The Morgan fingerprint density at radius 3 is 2.57 bits per heavy atom. The Balaban J connectivity index is 2.00. The molecule has 1 heterocycles. The molecule has 0 atom stereocenters. The van der Waals surface area contributed by atoms with Crippen molar-refractivity contribution >= 4 is 39.3 Å². The van der Waals surface area contributed by atoms with E-state index in [0.29, 0.717) is 16.5 Å². The second-order valence-electron chi connectivity index (χ2n) is 4.66. The van der Waals surface area contributed by atoms with Gasteiger partial charge < -0.3 is 4.42 Å². The quantitative estimate of drug-likeness (QED) is 0.538. The van der Waals surface area contributed by atoms with Crippen LogP contribution in [0.4, 0.5) is 5.69 Å². The molecule has 3 aromatic rings. The van der Waals surface area contributed by atoms with E-state index in [4.69, 9.17) is 16.0 Å². The van der Waals surface area contributed by atoms with Crippen LogP contribution in [0.15, 0.2) is 57.7 Å². The first kappa shape index (κ1) is 14.9. The lowest BCUT2D eigenvalue weighted by molar-refractivity contribution is -0.384. The van der Waals surface area contributed by atoms with Gasteiger partial charge in [0.2, 0.25) is 5.89 Å². The zero-order chi connectivity index (χ0) is 16.4. The summed E-state index contributed by atoms with van der Waals surface area (Å²) in [6.07, 6.45) is 1.52. The minimum Gasteiger partial charge on any atom is -0.402 e. The number of hydrogen-bond acceptors (Lipinski definition) is 5. The normalized spacial score (nSPS) is 11.6. The maximum absolute atomic E-state index is 11.9. The van der Waals surface area contributed by atoms with E-state index in [1.807, 2.05) is 0 Å². The van der Waals surface area contributed by atoms with Crippen molar-refractivity contribution in [1.82, 2.24) is 4.98 Å². The summed E-state index contributed by atoms with van der Waals surface area (Å²) < 4.78 is 5.11. The largest absolute Gasteiger partial charge is 0.402 e. The number of hydrogen-bond donors (Lipinski definition) is 0. The molecule has 0 saturated carbocycles. The number of halogens is 1. The summed E-state index contributed by atoms with van der Waals surface area (Å²) >= 11 is 6.15. The first-order valence-electron chi connectivity index (χ1n) is 6.56. The molecule has 3 rings (SSSR count). The van der Waals surface area contributed by atoms with E-state index in [0.717, 1.165) is 0 Å². The van der Waals surface area contributed by atoms with Crippen LogP contribution in [0, 0.1) is 10.1 Å². The van der Waals surface area contributed by atoms with E-state index >= 15 is 0 Å². The summed E-state index contributed by atoms with van der Waals surface area (Å²) in [6, 6.07) is 12.6. The molecule has 0 N–H and O–H groups in total. The van der Waals surface area contributed by atoms with E-state index in [1.54, 1.807) is 36.4 Å². The highest BCUT2D eigenvalue weighted by molar-refractivity contribution is 6.50. The van der Waals surface area contributed by atoms with Gasteiger partial charge in [0, 0.05) is 12.1 Å². The third-order valence-electron chi connectivity index (χ3n) is 3.14. The molecule has 7 heteroatoms. The molecular weight excluding hydrogens is 320 g/mol. The van der Waals surface area contributed by atoms with Crippen LogP contribution in [0.1, 0.15) is 11.5 Å². The summed E-state index contributed by atoms with van der Waals surface area (Å²) in [6.45, 7) is 0. The zero-order valence-corrected chi connectivity index (χ0v) is 12.4. The highest BCUT2D eigenvalue weighted by Gasteiger charge is 2.09. The van der Waals surface area contributed by atoms with Crippen LogP contribution in [-0.2, 0) is 0 Å². The predicted molar refractivity (Wildman–Crippen MR) is 87.1 cm³/mol. The summed E-state index contributed by atoms with van der Waals surface area (Å²) in [7, 11) is 0. The number of nitro groups is 1. The van der Waals surface area contributed by atoms with Crippen LogP contribution in [0.25, 0.3) is 22.0 Å². The number of non-ortho nitro benzene ring substituents is 1. The van der Waals surface area contributed by atoms with Gasteiger partial charge in [-0.1, -0.05) is 23.7 Å². The maximum Gasteiger partial charge on any atom is 0.347 e. The van der Waals surface area contributed by atoms with Gasteiger partial charge in [-0.25, -0.2) is 9.78 Å². The van der Waals surface area contributed by atoms with Gasteiger partial charge in [0.1, 0.15) is 5.03 Å². The fourth-order valence-electron chi connectivity index (χ4n) is 2.02. The van der Waals surface area contributed by atoms with Crippen LogP contribution >= 0.6 is 11.6 Å². The van der Waals surface area contributed by atoms with E-state index in [2.05, 4.69) is 4.98 Å². The SMILES string of the molecule is O=c1oc(/C(Cl)=C/c2ccc([N+](=O)[O-])cc2)nc2ccccc12. The van der Waals surface area contributed by atoms with Crippen LogP contribution in [-0.4, -0.2) is 9.91 Å². The minimum absolute atomic E-state index is 0.00582. The molecule has 0 fully saturated rings. The van der Waals surface area contributed by atoms with Crippen molar-refractivity contribution in [3.05, 3.63) is 80.5 Å². The standard InChI is InChI=1S/C16H9ClN2O4/c17-13(9-10-5-7-11(8-6-10)19(21)22)15-18-14-4-2-1-3-12(14)16(20)23-15/h1-9H/b13-9-. The molecule has 1 aromatic heterocycles. The number of fused-ring (bicyclic) bond motifs is 1. The van der Waals surface area contributed by atoms with Crippen LogP contribution in [0.2, 0.25) is 0 Å². The third-order valence-corrected chi connectivity index (χ3v) is 3.41. The molecule has 0 aliphatic rings. The van der Waals surface area contributed by atoms with Gasteiger partial charge in [-0.3, -0.25) is 10.1 Å². The lowest BCUT2D eigenvalue weighted by Gasteiger charge is -2.00. The van der Waals surface area contributed by atoms with Gasteiger partial charge in [-0.15, -0.1) is 0 Å². The molecule has 0 spiro atoms. The van der Waals surface area contributed by atoms with E-state index in [1.165, 1.54) is 18.2 Å². The number of rotatable bonds is 3. The van der Waals surface area contributed by atoms with E-state index in [9.17, 15) is 14.9 Å². The van der Waals surface area contributed by atoms with Crippen LogP contribution in [0.5, 0.6) is 0 Å². The van der Waals surface area contributed by atoms with Gasteiger partial charge in [-0.2, -0.15) is 0 Å². The molecule has 114 valence electrons. The fourth-order valence-corrected chi connectivity index (χ4v) is 2.23. The molecule has 0 aliphatic carbocycles. The Morgan fingerprint density at radius 2 is 1.87 bits per heavy atom. The van der Waals surface area contributed by atoms with Crippen molar-refractivity contribution in [2.75, 3.05) is 0 Å². The zero-order valence-electron chi connectivity index (χ0n) is 11.6. The van der Waals surface area contributed by atoms with E-state index < -0.39 is 10.5 Å². The molecule has 6 nitrogen and oxygen atoms in total. The Hall–Kier alpha value is -2.99. The molecule has 23 heavy (non-hydrogen) atoms. The van der Waals surface area contributed by atoms with E-state index in [-0.39, 0.29) is 16.6 Å². The van der Waals surface area contributed by atoms with Gasteiger partial charge >= 0.3 is 5.63 Å². The summed E-state index contributed by atoms with van der Waals surface area (Å²) in [5.74, 6) is -0.00582. The Kier molecular flexibility index (Phi) is 3.91. The summed E-state index contributed by atoms with van der Waals surface area (Å²) in [5.41, 5.74) is 0.557. The van der Waals surface area contributed by atoms with Crippen molar-refractivity contribution in [2.24, 2.45) is 0 Å². The predicted octanol–water partition coefficient (Wildman–Crippen LogP) is 3.83. The number of para-hydroxylation sites is 1. The lowest BCUT2D eigenvalue weighted by Crippen LogP contribution is -2.03. The Morgan fingerprint density at radius 1 is 1.17 bits per heavy atom. The summed E-state index contributed by atoms with van der Waals surface area (Å²) in [5, 5.41) is 11.1. The first-order chi connectivity index (χ1) is 11.0. The van der Waals surface area contributed by atoms with Gasteiger partial charge in [-0.05, 0) is 35.9 Å². The Bertz CT molecular complexity index is 977. The van der Waals surface area contributed by atoms with Gasteiger partial charge in [0.15, 0.2) is 0 Å². The Labute approximate surface area is 134 Å². The van der Waals surface area contributed by atoms with Crippen LogP contribution in [0.3, 0.4) is 0 Å². The van der Waals surface area contributed by atoms with Crippen LogP contribution < -0.4 is 5.63 Å². The number of aromatic nitrogens is 1. The number of nitro benzene ring substituents is 1. The molecular formula is C16H9ClN2O4. The monoisotopic (exact) mass is 328 g/mol. The highest BCUT2D eigenvalue weighted by Crippen LogP contribution is 2.22. The van der Waals surface area contributed by atoms with Crippen molar-refractivity contribution in [3.8, 4) is 0 Å². The highest BCUT2D eigenvalue weighted by atomic mass is 35.5. The third kappa shape index (κ3) is 3.12. The molecule has 0 amide bonds. The molecule has 2 aromatic carbocycles. The number of nitrogens with zero attached hydrogens (tertiary/aromatic N) is 2. The second-order valence-corrected chi connectivity index (χ2v) is 5.07. The van der Waals surface area contributed by atoms with Gasteiger partial charge in [0.25, 0.3) is 5.69 Å². The van der Waals surface area contributed by atoms with Crippen molar-refractivity contribution in [3.63, 3.8) is 0 Å². The minimum atomic E-state index is -0.527. The second kappa shape index (κ2) is 6.02. The molecule has 0 aliphatic heterocycles. The van der Waals surface area contributed by atoms with Gasteiger partial charge in [0.05, 0.1) is 15.8 Å². The van der Waals surface area contributed by atoms with Crippen molar-refractivity contribution in [2.45, 2.75) is 0 Å². The topological polar surface area (TPSA) is 86.2 Å². The average molecular weight is 329 g/mol. The smallest absolute Gasteiger partial charge is 0.347 e. The molecule has 0 saturated heterocycles. The first-order valence-corrected chi connectivity index (χ1v) is 6.94. The molecule has 0 unspecified atom stereocenters.